The average Bonchev–Trinajstić information content (AvgIpc) is 2.78. The van der Waals surface area contributed by atoms with Crippen molar-refractivity contribution in [3.8, 4) is 11.5 Å². The van der Waals surface area contributed by atoms with Gasteiger partial charge in [-0.25, -0.2) is 5.43 Å². The molecule has 0 radical (unpaired) electrons. The summed E-state index contributed by atoms with van der Waals surface area (Å²) in [6, 6.07) is 20.3. The maximum absolute atomic E-state index is 12.3. The summed E-state index contributed by atoms with van der Waals surface area (Å²) in [5, 5.41) is 4.62. The molecule has 0 unspecified atom stereocenters. The molecule has 0 saturated heterocycles. The van der Waals surface area contributed by atoms with Crippen LogP contribution in [0.4, 0.5) is 0 Å². The lowest BCUT2D eigenvalue weighted by atomic mass is 10.1. The molecule has 0 heterocycles. The van der Waals surface area contributed by atoms with Gasteiger partial charge in [0, 0.05) is 16.1 Å². The van der Waals surface area contributed by atoms with E-state index in [0.717, 1.165) is 17.7 Å². The highest BCUT2D eigenvalue weighted by Gasteiger charge is 2.06. The van der Waals surface area contributed by atoms with Crippen LogP contribution < -0.4 is 14.9 Å². The average molecular weight is 437 g/mol. The number of hydrazone groups is 1. The lowest BCUT2D eigenvalue weighted by molar-refractivity contribution is 0.0955. The minimum absolute atomic E-state index is 0.317. The van der Waals surface area contributed by atoms with E-state index in [1.165, 1.54) is 11.8 Å². The molecular weight excluding hydrogens is 412 g/mol. The van der Waals surface area contributed by atoms with Gasteiger partial charge in [0.1, 0.15) is 18.1 Å². The molecule has 3 aromatic rings. The number of aryl methyl sites for hydroxylation is 1. The third-order valence-electron chi connectivity index (χ3n) is 4.45. The molecule has 0 atom stereocenters. The highest BCUT2D eigenvalue weighted by Crippen LogP contribution is 2.22. The number of rotatable bonds is 9. The summed E-state index contributed by atoms with van der Waals surface area (Å²) in [6.45, 7) is 5.14. The third kappa shape index (κ3) is 6.86. The Morgan fingerprint density at radius 1 is 1.03 bits per heavy atom. The van der Waals surface area contributed by atoms with Crippen molar-refractivity contribution in [3.63, 3.8) is 0 Å². The van der Waals surface area contributed by atoms with Gasteiger partial charge in [0.05, 0.1) is 12.8 Å². The van der Waals surface area contributed by atoms with Crippen molar-refractivity contribution in [1.82, 2.24) is 5.43 Å². The van der Waals surface area contributed by atoms with Crippen LogP contribution in [0, 0.1) is 6.92 Å². The predicted molar refractivity (Wildman–Crippen MR) is 124 cm³/mol. The van der Waals surface area contributed by atoms with Crippen molar-refractivity contribution in [2.75, 3.05) is 6.61 Å². The van der Waals surface area contributed by atoms with Gasteiger partial charge in [-0.15, -0.1) is 0 Å². The number of nitrogens with zero attached hydrogens (tertiary/aromatic N) is 1. The molecule has 0 aliphatic rings. The first-order valence-electron chi connectivity index (χ1n) is 10.1. The van der Waals surface area contributed by atoms with E-state index in [4.69, 9.17) is 21.1 Å². The molecule has 6 heteroatoms. The monoisotopic (exact) mass is 436 g/mol. The van der Waals surface area contributed by atoms with Crippen LogP contribution in [0.2, 0.25) is 5.02 Å². The Balaban J connectivity index is 1.62. The number of halogens is 1. The molecule has 0 aromatic heterocycles. The largest absolute Gasteiger partial charge is 0.494 e. The highest BCUT2D eigenvalue weighted by molar-refractivity contribution is 6.30. The summed E-state index contributed by atoms with van der Waals surface area (Å²) < 4.78 is 11.5. The van der Waals surface area contributed by atoms with E-state index in [2.05, 4.69) is 10.5 Å². The molecule has 3 rings (SSSR count). The van der Waals surface area contributed by atoms with E-state index < -0.39 is 0 Å². The predicted octanol–water partition coefficient (Wildman–Crippen LogP) is 5.78. The maximum Gasteiger partial charge on any atom is 0.271 e. The van der Waals surface area contributed by atoms with Crippen molar-refractivity contribution >= 4 is 23.7 Å². The Hall–Kier alpha value is -3.31. The quantitative estimate of drug-likeness (QED) is 0.341. The molecule has 1 N–H and O–H groups in total. The highest BCUT2D eigenvalue weighted by atomic mass is 35.5. The fourth-order valence-corrected chi connectivity index (χ4v) is 2.93. The van der Waals surface area contributed by atoms with Crippen LogP contribution in [-0.2, 0) is 6.61 Å². The molecule has 1 amide bonds. The van der Waals surface area contributed by atoms with Gasteiger partial charge in [0.25, 0.3) is 5.91 Å². The van der Waals surface area contributed by atoms with Crippen molar-refractivity contribution in [2.45, 2.75) is 26.9 Å². The van der Waals surface area contributed by atoms with Gasteiger partial charge in [-0.05, 0) is 61.4 Å². The summed E-state index contributed by atoms with van der Waals surface area (Å²) in [7, 11) is 0. The number of nitrogens with one attached hydrogen (secondary N) is 1. The molecule has 0 spiro atoms. The molecule has 0 aliphatic carbocycles. The van der Waals surface area contributed by atoms with Crippen LogP contribution >= 0.6 is 11.6 Å². The minimum atomic E-state index is -0.317. The topological polar surface area (TPSA) is 59.9 Å². The Morgan fingerprint density at radius 3 is 2.48 bits per heavy atom. The maximum atomic E-state index is 12.3. The van der Waals surface area contributed by atoms with Crippen LogP contribution in [-0.4, -0.2) is 18.7 Å². The molecule has 5 nitrogen and oxygen atoms in total. The van der Waals surface area contributed by atoms with E-state index in [-0.39, 0.29) is 5.91 Å². The Bertz CT molecular complexity index is 1030. The molecule has 0 fully saturated rings. The van der Waals surface area contributed by atoms with E-state index in [1.54, 1.807) is 42.5 Å². The van der Waals surface area contributed by atoms with Gasteiger partial charge in [-0.3, -0.25) is 4.79 Å². The zero-order valence-electron chi connectivity index (χ0n) is 17.6. The summed E-state index contributed by atoms with van der Waals surface area (Å²) in [5.41, 5.74) is 5.94. The SMILES string of the molecule is CCCOc1ccc(C(=O)N/N=C\c2cc(Cl)ccc2OCc2ccc(C)cc2)cc1. The van der Waals surface area contributed by atoms with Gasteiger partial charge in [-0.2, -0.15) is 5.10 Å². The summed E-state index contributed by atoms with van der Waals surface area (Å²) >= 11 is 6.12. The Morgan fingerprint density at radius 2 is 1.77 bits per heavy atom. The van der Waals surface area contributed by atoms with Gasteiger partial charge in [0.2, 0.25) is 0 Å². The van der Waals surface area contributed by atoms with E-state index in [1.807, 2.05) is 38.1 Å². The number of hydrogen-bond donors (Lipinski definition) is 1. The number of carbonyl (C=O) groups excluding carboxylic acids is 1. The first-order valence-corrected chi connectivity index (χ1v) is 10.5. The van der Waals surface area contributed by atoms with Gasteiger partial charge >= 0.3 is 0 Å². The second-order valence-electron chi connectivity index (χ2n) is 7.03. The molecule has 3 aromatic carbocycles. The van der Waals surface area contributed by atoms with Gasteiger partial charge in [-0.1, -0.05) is 48.4 Å². The zero-order valence-corrected chi connectivity index (χ0v) is 18.4. The number of ether oxygens (including phenoxy) is 2. The van der Waals surface area contributed by atoms with E-state index in [0.29, 0.717) is 35.1 Å². The second kappa shape index (κ2) is 11.2. The third-order valence-corrected chi connectivity index (χ3v) is 4.68. The summed E-state index contributed by atoms with van der Waals surface area (Å²) in [5.74, 6) is 1.04. The number of benzene rings is 3. The first kappa shape index (κ1) is 22.4. The Kier molecular flexibility index (Phi) is 8.07. The van der Waals surface area contributed by atoms with Crippen molar-refractivity contribution in [1.29, 1.82) is 0 Å². The van der Waals surface area contributed by atoms with Crippen LogP contribution in [0.15, 0.2) is 71.8 Å². The first-order chi connectivity index (χ1) is 15.0. The molecular formula is C25H25ClN2O3. The normalized spacial score (nSPS) is 10.8. The van der Waals surface area contributed by atoms with E-state index in [9.17, 15) is 4.79 Å². The minimum Gasteiger partial charge on any atom is -0.494 e. The van der Waals surface area contributed by atoms with Crippen molar-refractivity contribution in [3.05, 3.63) is 94.0 Å². The second-order valence-corrected chi connectivity index (χ2v) is 7.46. The molecule has 0 aliphatic heterocycles. The fraction of sp³-hybridized carbons (Fsp3) is 0.200. The van der Waals surface area contributed by atoms with Crippen LogP contribution in [0.5, 0.6) is 11.5 Å². The lowest BCUT2D eigenvalue weighted by Gasteiger charge is -2.10. The van der Waals surface area contributed by atoms with Crippen LogP contribution in [0.25, 0.3) is 0 Å². The molecule has 0 saturated carbocycles. The number of amides is 1. The van der Waals surface area contributed by atoms with Crippen LogP contribution in [0.3, 0.4) is 0 Å². The van der Waals surface area contributed by atoms with Crippen molar-refractivity contribution < 1.29 is 14.3 Å². The Labute approximate surface area is 187 Å². The molecule has 0 bridgehead atoms. The fourth-order valence-electron chi connectivity index (χ4n) is 2.74. The lowest BCUT2D eigenvalue weighted by Crippen LogP contribution is -2.17. The smallest absolute Gasteiger partial charge is 0.271 e. The molecule has 160 valence electrons. The van der Waals surface area contributed by atoms with Crippen molar-refractivity contribution in [2.24, 2.45) is 5.10 Å². The zero-order chi connectivity index (χ0) is 22.1. The number of hydrogen-bond acceptors (Lipinski definition) is 4. The van der Waals surface area contributed by atoms with E-state index >= 15 is 0 Å². The van der Waals surface area contributed by atoms with Gasteiger partial charge in [0.15, 0.2) is 0 Å². The number of carbonyl (C=O) groups is 1. The summed E-state index contributed by atoms with van der Waals surface area (Å²) in [4.78, 5) is 12.3. The van der Waals surface area contributed by atoms with Gasteiger partial charge < -0.3 is 9.47 Å². The molecule has 31 heavy (non-hydrogen) atoms. The summed E-state index contributed by atoms with van der Waals surface area (Å²) in [6.07, 6.45) is 2.45. The standard InChI is InChI=1S/C25H25ClN2O3/c1-3-14-30-23-11-8-20(9-12-23)25(29)28-27-16-21-15-22(26)10-13-24(21)31-17-19-6-4-18(2)5-7-19/h4-13,15-16H,3,14,17H2,1-2H3,(H,28,29)/b27-16-. The van der Waals surface area contributed by atoms with Crippen LogP contribution in [0.1, 0.15) is 40.4 Å².